The molecule has 2 atom stereocenters. The van der Waals surface area contributed by atoms with E-state index >= 15 is 0 Å². The van der Waals surface area contributed by atoms with Gasteiger partial charge in [-0.1, -0.05) is 13.3 Å². The fourth-order valence-electron chi connectivity index (χ4n) is 2.58. The Morgan fingerprint density at radius 2 is 2.18 bits per heavy atom. The van der Waals surface area contributed by atoms with Gasteiger partial charge in [-0.25, -0.2) is 0 Å². The maximum absolute atomic E-state index is 12.4. The van der Waals surface area contributed by atoms with Gasteiger partial charge in [0.1, 0.15) is 12.2 Å². The van der Waals surface area contributed by atoms with Gasteiger partial charge in [0.05, 0.1) is 12.3 Å². The van der Waals surface area contributed by atoms with E-state index in [1.54, 1.807) is 14.2 Å². The molecule has 22 heavy (non-hydrogen) atoms. The van der Waals surface area contributed by atoms with Gasteiger partial charge in [-0.05, 0) is 33.4 Å². The average Bonchev–Trinajstić information content (AvgIpc) is 2.44. The first-order valence-corrected chi connectivity index (χ1v) is 7.91. The minimum absolute atomic E-state index is 0.0346. The molecular weight excluding hydrogens is 280 g/mol. The van der Waals surface area contributed by atoms with Crippen molar-refractivity contribution >= 4 is 11.6 Å². The molecule has 0 aromatic rings. The van der Waals surface area contributed by atoms with E-state index in [1.165, 1.54) is 5.70 Å². The molecule has 1 aliphatic heterocycles. The summed E-state index contributed by atoms with van der Waals surface area (Å²) in [6, 6.07) is -0.301. The molecule has 0 radical (unpaired) electrons. The third-order valence-electron chi connectivity index (χ3n) is 3.60. The Hall–Kier alpha value is -1.40. The Kier molecular flexibility index (Phi) is 7.55. The van der Waals surface area contributed by atoms with Gasteiger partial charge in [0, 0.05) is 25.9 Å². The normalized spacial score (nSPS) is 19.8. The van der Waals surface area contributed by atoms with Crippen molar-refractivity contribution in [2.24, 2.45) is 4.99 Å². The molecule has 1 rings (SSSR count). The van der Waals surface area contributed by atoms with Gasteiger partial charge in [-0.3, -0.25) is 9.79 Å². The number of nitrogens with zero attached hydrogens (tertiary/aromatic N) is 2. The molecule has 0 aliphatic carbocycles. The molecule has 0 aromatic carbocycles. The number of likely N-dealkylation sites (N-methyl/N-ethyl adjacent to an activating group) is 2. The van der Waals surface area contributed by atoms with Crippen LogP contribution in [0.5, 0.6) is 0 Å². The molecule has 0 saturated heterocycles. The van der Waals surface area contributed by atoms with Gasteiger partial charge in [-0.15, -0.1) is 0 Å². The van der Waals surface area contributed by atoms with Crippen molar-refractivity contribution in [3.8, 4) is 0 Å². The number of amides is 1. The maximum Gasteiger partial charge on any atom is 0.241 e. The Morgan fingerprint density at radius 1 is 1.50 bits per heavy atom. The third-order valence-corrected chi connectivity index (χ3v) is 3.60. The minimum Gasteiger partial charge on any atom is -0.378 e. The molecule has 1 amide bonds. The van der Waals surface area contributed by atoms with Crippen LogP contribution in [0.3, 0.4) is 0 Å². The van der Waals surface area contributed by atoms with Crippen molar-refractivity contribution in [2.45, 2.75) is 51.9 Å². The second kappa shape index (κ2) is 8.90. The summed E-state index contributed by atoms with van der Waals surface area (Å²) in [5, 5.41) is 6.06. The van der Waals surface area contributed by atoms with Crippen molar-refractivity contribution in [3.05, 3.63) is 11.8 Å². The standard InChI is InChI=1S/C16H30N4O2/c1-7-8-13-9-12(10-22-6)19-15(20(13)5)14(17-4)16(21)18-11(2)3/h9,11,14-15,17H,7-8,10H2,1-6H3,(H,18,21). The Labute approximate surface area is 134 Å². The third kappa shape index (κ3) is 4.81. The fourth-order valence-corrected chi connectivity index (χ4v) is 2.58. The first kappa shape index (κ1) is 18.6. The smallest absolute Gasteiger partial charge is 0.241 e. The number of hydrogen-bond donors (Lipinski definition) is 2. The van der Waals surface area contributed by atoms with E-state index in [0.717, 1.165) is 18.6 Å². The van der Waals surface area contributed by atoms with Gasteiger partial charge in [0.2, 0.25) is 5.91 Å². The molecule has 0 saturated carbocycles. The lowest BCUT2D eigenvalue weighted by atomic mass is 10.1. The second-order valence-electron chi connectivity index (χ2n) is 5.89. The van der Waals surface area contributed by atoms with Crippen LogP contribution in [0, 0.1) is 0 Å². The van der Waals surface area contributed by atoms with Crippen LogP contribution in [-0.2, 0) is 9.53 Å². The molecule has 6 heteroatoms. The van der Waals surface area contributed by atoms with Gasteiger partial charge in [-0.2, -0.15) is 0 Å². The van der Waals surface area contributed by atoms with Crippen LogP contribution in [0.15, 0.2) is 16.8 Å². The number of rotatable bonds is 8. The van der Waals surface area contributed by atoms with Crippen LogP contribution in [0.4, 0.5) is 0 Å². The highest BCUT2D eigenvalue weighted by Gasteiger charge is 2.33. The van der Waals surface area contributed by atoms with Crippen molar-refractivity contribution < 1.29 is 9.53 Å². The summed E-state index contributed by atoms with van der Waals surface area (Å²) in [6.45, 7) is 6.51. The molecule has 6 nitrogen and oxygen atoms in total. The van der Waals surface area contributed by atoms with E-state index in [9.17, 15) is 4.79 Å². The van der Waals surface area contributed by atoms with Crippen molar-refractivity contribution in [1.29, 1.82) is 0 Å². The monoisotopic (exact) mass is 310 g/mol. The summed E-state index contributed by atoms with van der Waals surface area (Å²) in [4.78, 5) is 19.2. The minimum atomic E-state index is -0.403. The van der Waals surface area contributed by atoms with Crippen molar-refractivity contribution in [3.63, 3.8) is 0 Å². The summed E-state index contributed by atoms with van der Waals surface area (Å²) in [7, 11) is 5.44. The number of hydrogen-bond acceptors (Lipinski definition) is 5. The van der Waals surface area contributed by atoms with E-state index in [1.807, 2.05) is 20.9 Å². The topological polar surface area (TPSA) is 66.0 Å². The predicted octanol–water partition coefficient (Wildman–Crippen LogP) is 1.14. The molecular formula is C16H30N4O2. The number of carbonyl (C=O) groups excluding carboxylic acids is 1. The Morgan fingerprint density at radius 3 is 2.68 bits per heavy atom. The Balaban J connectivity index is 3.02. The number of nitrogens with one attached hydrogen (secondary N) is 2. The molecule has 0 spiro atoms. The van der Waals surface area contributed by atoms with Crippen molar-refractivity contribution in [2.75, 3.05) is 27.8 Å². The summed E-state index contributed by atoms with van der Waals surface area (Å²) in [6.07, 6.45) is 3.81. The van der Waals surface area contributed by atoms with Crippen LogP contribution in [-0.4, -0.2) is 62.6 Å². The first-order chi connectivity index (χ1) is 10.4. The first-order valence-electron chi connectivity index (χ1n) is 7.91. The highest BCUT2D eigenvalue weighted by molar-refractivity contribution is 5.97. The molecule has 126 valence electrons. The average molecular weight is 310 g/mol. The second-order valence-corrected chi connectivity index (χ2v) is 5.89. The summed E-state index contributed by atoms with van der Waals surface area (Å²) >= 11 is 0. The zero-order valence-corrected chi connectivity index (χ0v) is 14.6. The molecule has 2 N–H and O–H groups in total. The van der Waals surface area contributed by atoms with Crippen molar-refractivity contribution in [1.82, 2.24) is 15.5 Å². The number of carbonyl (C=O) groups is 1. The van der Waals surface area contributed by atoms with E-state index in [2.05, 4.69) is 28.5 Å². The summed E-state index contributed by atoms with van der Waals surface area (Å²) in [5.74, 6) is -0.0346. The SMILES string of the molecule is CCCC1=CC(COC)=NC(C(NC)C(=O)NC(C)C)N1C. The van der Waals surface area contributed by atoms with E-state index in [0.29, 0.717) is 6.61 Å². The highest BCUT2D eigenvalue weighted by atomic mass is 16.5. The molecule has 0 bridgehead atoms. The van der Waals surface area contributed by atoms with E-state index in [4.69, 9.17) is 9.73 Å². The van der Waals surface area contributed by atoms with Crippen LogP contribution in [0.2, 0.25) is 0 Å². The highest BCUT2D eigenvalue weighted by Crippen LogP contribution is 2.21. The molecule has 1 aliphatic rings. The quantitative estimate of drug-likeness (QED) is 0.706. The van der Waals surface area contributed by atoms with Gasteiger partial charge in [0.25, 0.3) is 0 Å². The van der Waals surface area contributed by atoms with Crippen LogP contribution in [0.25, 0.3) is 0 Å². The van der Waals surface area contributed by atoms with Gasteiger partial charge < -0.3 is 20.3 Å². The zero-order valence-electron chi connectivity index (χ0n) is 14.6. The Bertz CT molecular complexity index is 432. The fraction of sp³-hybridized carbons (Fsp3) is 0.750. The maximum atomic E-state index is 12.4. The largest absolute Gasteiger partial charge is 0.378 e. The number of methoxy groups -OCH3 is 1. The number of ether oxygens (including phenoxy) is 1. The molecule has 0 aromatic heterocycles. The van der Waals surface area contributed by atoms with Gasteiger partial charge in [0.15, 0.2) is 0 Å². The lowest BCUT2D eigenvalue weighted by Crippen LogP contribution is -2.56. The van der Waals surface area contributed by atoms with Gasteiger partial charge >= 0.3 is 0 Å². The van der Waals surface area contributed by atoms with Crippen LogP contribution in [0.1, 0.15) is 33.6 Å². The molecule has 0 fully saturated rings. The summed E-state index contributed by atoms with van der Waals surface area (Å²) < 4.78 is 5.21. The lowest BCUT2D eigenvalue weighted by molar-refractivity contribution is -0.124. The number of aliphatic imine (C=N–C) groups is 1. The van der Waals surface area contributed by atoms with E-state index in [-0.39, 0.29) is 18.1 Å². The summed E-state index contributed by atoms with van der Waals surface area (Å²) in [5.41, 5.74) is 2.07. The predicted molar refractivity (Wildman–Crippen MR) is 90.0 cm³/mol. The number of allylic oxidation sites excluding steroid dienone is 1. The van der Waals surface area contributed by atoms with Crippen LogP contribution < -0.4 is 10.6 Å². The van der Waals surface area contributed by atoms with Crippen LogP contribution >= 0.6 is 0 Å². The molecule has 1 heterocycles. The molecule has 2 unspecified atom stereocenters. The zero-order chi connectivity index (χ0) is 16.7. The lowest BCUT2D eigenvalue weighted by Gasteiger charge is -2.37. The van der Waals surface area contributed by atoms with E-state index < -0.39 is 6.04 Å².